The highest BCUT2D eigenvalue weighted by molar-refractivity contribution is 6.42. The quantitative estimate of drug-likeness (QED) is 0.841. The standard InChI is InChI=1S/C16H20Cl2N4O2/c17-13-2-1-11(7-14(13)18)10-23-12-3-5-22(6-4-12)9-15-20-16(8-19)24-21-15/h1-2,7,12H,3-6,8-10,19H2. The minimum Gasteiger partial charge on any atom is -0.373 e. The third kappa shape index (κ3) is 4.68. The van der Waals surface area contributed by atoms with Crippen LogP contribution in [0.15, 0.2) is 22.7 Å². The molecule has 8 heteroatoms. The van der Waals surface area contributed by atoms with E-state index >= 15 is 0 Å². The first kappa shape index (κ1) is 17.6. The van der Waals surface area contributed by atoms with Crippen molar-refractivity contribution < 1.29 is 9.26 Å². The summed E-state index contributed by atoms with van der Waals surface area (Å²) in [5.74, 6) is 1.16. The van der Waals surface area contributed by atoms with Gasteiger partial charge in [0.25, 0.3) is 0 Å². The zero-order chi connectivity index (χ0) is 16.9. The lowest BCUT2D eigenvalue weighted by molar-refractivity contribution is -0.00446. The first-order chi connectivity index (χ1) is 11.6. The van der Waals surface area contributed by atoms with Gasteiger partial charge in [-0.05, 0) is 30.5 Å². The van der Waals surface area contributed by atoms with Gasteiger partial charge in [-0.3, -0.25) is 4.90 Å². The average Bonchev–Trinajstić information content (AvgIpc) is 3.05. The fourth-order valence-electron chi connectivity index (χ4n) is 2.71. The van der Waals surface area contributed by atoms with E-state index in [1.165, 1.54) is 0 Å². The lowest BCUT2D eigenvalue weighted by Gasteiger charge is -2.31. The van der Waals surface area contributed by atoms with Gasteiger partial charge in [-0.25, -0.2) is 0 Å². The predicted octanol–water partition coefficient (Wildman–Crippen LogP) is 3.02. The van der Waals surface area contributed by atoms with Crippen LogP contribution in [0.1, 0.15) is 30.1 Å². The van der Waals surface area contributed by atoms with Crippen molar-refractivity contribution in [2.75, 3.05) is 13.1 Å². The van der Waals surface area contributed by atoms with Gasteiger partial charge < -0.3 is 15.0 Å². The second kappa shape index (κ2) is 8.27. The fourth-order valence-corrected chi connectivity index (χ4v) is 3.04. The Kier molecular flexibility index (Phi) is 6.08. The second-order valence-electron chi connectivity index (χ2n) is 5.84. The number of ether oxygens (including phenoxy) is 1. The van der Waals surface area contributed by atoms with Crippen LogP contribution >= 0.6 is 23.2 Å². The number of halogens is 2. The molecule has 0 radical (unpaired) electrons. The molecule has 3 rings (SSSR count). The molecule has 0 amide bonds. The summed E-state index contributed by atoms with van der Waals surface area (Å²) in [6.45, 7) is 3.39. The van der Waals surface area contributed by atoms with Crippen LogP contribution in [0.5, 0.6) is 0 Å². The van der Waals surface area contributed by atoms with Crippen LogP contribution in [0.4, 0.5) is 0 Å². The third-order valence-corrected chi connectivity index (χ3v) is 4.79. The van der Waals surface area contributed by atoms with Gasteiger partial charge in [0.15, 0.2) is 5.82 Å². The molecule has 130 valence electrons. The highest BCUT2D eigenvalue weighted by Crippen LogP contribution is 2.24. The van der Waals surface area contributed by atoms with Gasteiger partial charge in [-0.2, -0.15) is 4.98 Å². The van der Waals surface area contributed by atoms with Crippen LogP contribution in [-0.4, -0.2) is 34.2 Å². The number of rotatable bonds is 6. The van der Waals surface area contributed by atoms with E-state index in [1.807, 2.05) is 12.1 Å². The number of likely N-dealkylation sites (tertiary alicyclic amines) is 1. The van der Waals surface area contributed by atoms with Crippen LogP contribution in [0.2, 0.25) is 10.0 Å². The van der Waals surface area contributed by atoms with Gasteiger partial charge in [0.05, 0.1) is 35.8 Å². The topological polar surface area (TPSA) is 77.4 Å². The van der Waals surface area contributed by atoms with Crippen molar-refractivity contribution in [1.29, 1.82) is 0 Å². The molecule has 1 aliphatic rings. The second-order valence-corrected chi connectivity index (χ2v) is 6.66. The van der Waals surface area contributed by atoms with Crippen molar-refractivity contribution in [3.05, 3.63) is 45.5 Å². The Balaban J connectivity index is 1.42. The molecule has 1 aromatic heterocycles. The minimum atomic E-state index is 0.251. The fraction of sp³-hybridized carbons (Fsp3) is 0.500. The first-order valence-corrected chi connectivity index (χ1v) is 8.69. The van der Waals surface area contributed by atoms with Gasteiger partial charge in [0, 0.05) is 13.1 Å². The van der Waals surface area contributed by atoms with E-state index in [-0.39, 0.29) is 12.6 Å². The summed E-state index contributed by atoms with van der Waals surface area (Å²) in [5, 5.41) is 5.05. The molecular weight excluding hydrogens is 351 g/mol. The Morgan fingerprint density at radius 2 is 2.04 bits per heavy atom. The van der Waals surface area contributed by atoms with Gasteiger partial charge in [0.2, 0.25) is 5.89 Å². The number of nitrogens with zero attached hydrogens (tertiary/aromatic N) is 3. The van der Waals surface area contributed by atoms with Gasteiger partial charge in [-0.15, -0.1) is 0 Å². The molecule has 6 nitrogen and oxygen atoms in total. The Bertz CT molecular complexity index is 672. The molecule has 0 aliphatic carbocycles. The monoisotopic (exact) mass is 370 g/mol. The van der Waals surface area contributed by atoms with Crippen molar-refractivity contribution in [2.45, 2.75) is 38.6 Å². The molecule has 0 spiro atoms. The molecule has 1 fully saturated rings. The van der Waals surface area contributed by atoms with Crippen LogP contribution in [0.25, 0.3) is 0 Å². The lowest BCUT2D eigenvalue weighted by atomic mass is 10.1. The Hall–Kier alpha value is -1.18. The molecule has 1 aromatic carbocycles. The molecule has 2 heterocycles. The molecule has 1 saturated heterocycles. The molecule has 0 bridgehead atoms. The van der Waals surface area contributed by atoms with E-state index in [2.05, 4.69) is 15.0 Å². The van der Waals surface area contributed by atoms with E-state index in [0.717, 1.165) is 31.5 Å². The summed E-state index contributed by atoms with van der Waals surface area (Å²) in [5.41, 5.74) is 6.51. The Morgan fingerprint density at radius 3 is 2.71 bits per heavy atom. The molecule has 24 heavy (non-hydrogen) atoms. The normalized spacial score (nSPS) is 16.6. The summed E-state index contributed by atoms with van der Waals surface area (Å²) < 4.78 is 11.0. The lowest BCUT2D eigenvalue weighted by Crippen LogP contribution is -2.36. The minimum absolute atomic E-state index is 0.251. The van der Waals surface area contributed by atoms with E-state index in [1.54, 1.807) is 6.07 Å². The maximum absolute atomic E-state index is 6.02. The van der Waals surface area contributed by atoms with Gasteiger partial charge >= 0.3 is 0 Å². The van der Waals surface area contributed by atoms with Crippen molar-refractivity contribution in [2.24, 2.45) is 5.73 Å². The average molecular weight is 371 g/mol. The van der Waals surface area contributed by atoms with Crippen molar-refractivity contribution in [3.63, 3.8) is 0 Å². The number of benzene rings is 1. The number of nitrogens with two attached hydrogens (primary N) is 1. The number of piperidine rings is 1. The molecule has 2 aromatic rings. The zero-order valence-electron chi connectivity index (χ0n) is 13.3. The first-order valence-electron chi connectivity index (χ1n) is 7.93. The molecule has 0 saturated carbocycles. The van der Waals surface area contributed by atoms with Gasteiger partial charge in [0.1, 0.15) is 0 Å². The van der Waals surface area contributed by atoms with E-state index in [9.17, 15) is 0 Å². The maximum atomic E-state index is 6.02. The number of aromatic nitrogens is 2. The highest BCUT2D eigenvalue weighted by Gasteiger charge is 2.21. The summed E-state index contributed by atoms with van der Waals surface area (Å²) in [6, 6.07) is 5.59. The maximum Gasteiger partial charge on any atom is 0.240 e. The molecule has 1 aliphatic heterocycles. The smallest absolute Gasteiger partial charge is 0.240 e. The largest absolute Gasteiger partial charge is 0.373 e. The van der Waals surface area contributed by atoms with Gasteiger partial charge in [-0.1, -0.05) is 34.4 Å². The predicted molar refractivity (Wildman–Crippen MR) is 91.7 cm³/mol. The number of hydrogen-bond donors (Lipinski definition) is 1. The van der Waals surface area contributed by atoms with E-state index in [0.29, 0.717) is 34.9 Å². The summed E-state index contributed by atoms with van der Waals surface area (Å²) in [6.07, 6.45) is 2.20. The number of hydrogen-bond acceptors (Lipinski definition) is 6. The summed E-state index contributed by atoms with van der Waals surface area (Å²) >= 11 is 11.9. The van der Waals surface area contributed by atoms with Crippen LogP contribution in [-0.2, 0) is 24.4 Å². The molecule has 0 unspecified atom stereocenters. The molecule has 2 N–H and O–H groups in total. The third-order valence-electron chi connectivity index (χ3n) is 4.05. The van der Waals surface area contributed by atoms with Crippen LogP contribution in [0, 0.1) is 0 Å². The van der Waals surface area contributed by atoms with E-state index < -0.39 is 0 Å². The highest BCUT2D eigenvalue weighted by atomic mass is 35.5. The Labute approximate surface area is 150 Å². The van der Waals surface area contributed by atoms with Crippen molar-refractivity contribution in [1.82, 2.24) is 15.0 Å². The van der Waals surface area contributed by atoms with E-state index in [4.69, 9.17) is 38.2 Å². The van der Waals surface area contributed by atoms with Crippen molar-refractivity contribution >= 4 is 23.2 Å². The van der Waals surface area contributed by atoms with Crippen molar-refractivity contribution in [3.8, 4) is 0 Å². The SMILES string of the molecule is NCc1nc(CN2CCC(OCc3ccc(Cl)c(Cl)c3)CC2)no1. The molecular formula is C16H20Cl2N4O2. The zero-order valence-corrected chi connectivity index (χ0v) is 14.8. The van der Waals surface area contributed by atoms with Crippen LogP contribution < -0.4 is 5.73 Å². The summed E-state index contributed by atoms with van der Waals surface area (Å²) in [4.78, 5) is 6.53. The Morgan fingerprint density at radius 1 is 1.25 bits per heavy atom. The van der Waals surface area contributed by atoms with Crippen LogP contribution in [0.3, 0.4) is 0 Å². The summed E-state index contributed by atoms with van der Waals surface area (Å²) in [7, 11) is 0. The molecule has 0 atom stereocenters.